The molecule has 1 aliphatic carbocycles. The standard InChI is InChI=1S/C13H20ClN3O/c1-9-12(13(14)17(2)16-9)7-11(18)8-15-10-5-3-4-6-10/h10,15H,3-8H2,1-2H3. The number of aryl methyl sites for hydroxylation is 2. The van der Waals surface area contributed by atoms with Crippen molar-refractivity contribution in [2.45, 2.75) is 45.1 Å². The molecule has 0 amide bonds. The van der Waals surface area contributed by atoms with Crippen molar-refractivity contribution in [3.8, 4) is 0 Å². The number of aromatic nitrogens is 2. The Morgan fingerprint density at radius 3 is 2.72 bits per heavy atom. The molecule has 1 aromatic rings. The molecular formula is C13H20ClN3O. The van der Waals surface area contributed by atoms with Gasteiger partial charge in [-0.05, 0) is 19.8 Å². The summed E-state index contributed by atoms with van der Waals surface area (Å²) in [6.45, 7) is 2.33. The Balaban J connectivity index is 1.86. The van der Waals surface area contributed by atoms with Gasteiger partial charge in [-0.1, -0.05) is 24.4 Å². The zero-order valence-corrected chi connectivity index (χ0v) is 11.8. The van der Waals surface area contributed by atoms with Crippen LogP contribution in [0.2, 0.25) is 5.15 Å². The number of carbonyl (C=O) groups is 1. The van der Waals surface area contributed by atoms with Crippen LogP contribution in [0.15, 0.2) is 0 Å². The Kier molecular flexibility index (Phi) is 4.40. The Hall–Kier alpha value is -0.870. The summed E-state index contributed by atoms with van der Waals surface area (Å²) < 4.78 is 1.61. The van der Waals surface area contributed by atoms with Gasteiger partial charge in [0.15, 0.2) is 5.78 Å². The zero-order valence-electron chi connectivity index (χ0n) is 11.0. The monoisotopic (exact) mass is 269 g/mol. The summed E-state index contributed by atoms with van der Waals surface area (Å²) in [5.74, 6) is 0.180. The van der Waals surface area contributed by atoms with Crippen LogP contribution in [-0.4, -0.2) is 28.2 Å². The number of hydrogen-bond acceptors (Lipinski definition) is 3. The first-order chi connectivity index (χ1) is 8.58. The maximum absolute atomic E-state index is 11.9. The van der Waals surface area contributed by atoms with Crippen molar-refractivity contribution in [2.24, 2.45) is 7.05 Å². The van der Waals surface area contributed by atoms with E-state index in [1.807, 2.05) is 6.92 Å². The van der Waals surface area contributed by atoms with Crippen molar-refractivity contribution in [1.82, 2.24) is 15.1 Å². The normalized spacial score (nSPS) is 16.4. The number of halogens is 1. The number of nitrogens with one attached hydrogen (secondary N) is 1. The molecule has 100 valence electrons. The van der Waals surface area contributed by atoms with Gasteiger partial charge in [-0.25, -0.2) is 0 Å². The maximum atomic E-state index is 11.9. The average Bonchev–Trinajstić information content (AvgIpc) is 2.92. The highest BCUT2D eigenvalue weighted by atomic mass is 35.5. The van der Waals surface area contributed by atoms with Crippen LogP contribution in [0.1, 0.15) is 36.9 Å². The predicted molar refractivity (Wildman–Crippen MR) is 71.9 cm³/mol. The molecule has 1 heterocycles. The summed E-state index contributed by atoms with van der Waals surface area (Å²) in [6.07, 6.45) is 5.32. The van der Waals surface area contributed by atoms with Crippen LogP contribution in [0, 0.1) is 6.92 Å². The number of hydrogen-bond donors (Lipinski definition) is 1. The van der Waals surface area contributed by atoms with Crippen LogP contribution >= 0.6 is 11.6 Å². The molecule has 4 nitrogen and oxygen atoms in total. The Morgan fingerprint density at radius 1 is 1.50 bits per heavy atom. The highest BCUT2D eigenvalue weighted by molar-refractivity contribution is 6.30. The van der Waals surface area contributed by atoms with Gasteiger partial charge in [0.2, 0.25) is 0 Å². The van der Waals surface area contributed by atoms with Crippen molar-refractivity contribution in [1.29, 1.82) is 0 Å². The van der Waals surface area contributed by atoms with E-state index in [9.17, 15) is 4.79 Å². The number of Topliss-reactive ketones (excluding diaryl/α,β-unsaturated/α-hetero) is 1. The molecule has 0 spiro atoms. The largest absolute Gasteiger partial charge is 0.307 e. The second-order valence-corrected chi connectivity index (χ2v) is 5.41. The van der Waals surface area contributed by atoms with Gasteiger partial charge < -0.3 is 5.32 Å². The molecule has 2 rings (SSSR count). The third-order valence-corrected chi connectivity index (χ3v) is 4.06. The van der Waals surface area contributed by atoms with Gasteiger partial charge in [-0.3, -0.25) is 9.48 Å². The van der Waals surface area contributed by atoms with Crippen molar-refractivity contribution in [3.63, 3.8) is 0 Å². The van der Waals surface area contributed by atoms with Crippen LogP contribution in [0.4, 0.5) is 0 Å². The average molecular weight is 270 g/mol. The number of carbonyl (C=O) groups excluding carboxylic acids is 1. The molecule has 1 aromatic heterocycles. The fourth-order valence-electron chi connectivity index (χ4n) is 2.52. The lowest BCUT2D eigenvalue weighted by molar-refractivity contribution is -0.117. The molecule has 1 aliphatic rings. The van der Waals surface area contributed by atoms with Crippen LogP contribution < -0.4 is 5.32 Å². The lowest BCUT2D eigenvalue weighted by atomic mass is 10.1. The summed E-state index contributed by atoms with van der Waals surface area (Å²) in [5, 5.41) is 8.11. The van der Waals surface area contributed by atoms with Gasteiger partial charge >= 0.3 is 0 Å². The van der Waals surface area contributed by atoms with Gasteiger partial charge in [0.25, 0.3) is 0 Å². The Bertz CT molecular complexity index is 436. The highest BCUT2D eigenvalue weighted by Crippen LogP contribution is 2.20. The summed E-state index contributed by atoms with van der Waals surface area (Å²) in [7, 11) is 1.79. The maximum Gasteiger partial charge on any atom is 0.151 e. The molecule has 0 bridgehead atoms. The van der Waals surface area contributed by atoms with Gasteiger partial charge in [0.1, 0.15) is 5.15 Å². The molecular weight excluding hydrogens is 250 g/mol. The molecule has 1 saturated carbocycles. The Labute approximate surface area is 113 Å². The van der Waals surface area contributed by atoms with Crippen molar-refractivity contribution < 1.29 is 4.79 Å². The van der Waals surface area contributed by atoms with Crippen LogP contribution in [0.5, 0.6) is 0 Å². The molecule has 0 unspecified atom stereocenters. The topological polar surface area (TPSA) is 46.9 Å². The number of nitrogens with zero attached hydrogens (tertiary/aromatic N) is 2. The van der Waals surface area contributed by atoms with Crippen LogP contribution in [0.3, 0.4) is 0 Å². The lowest BCUT2D eigenvalue weighted by Crippen LogP contribution is -2.32. The zero-order chi connectivity index (χ0) is 13.1. The predicted octanol–water partition coefficient (Wildman–Crippen LogP) is 2.03. The number of rotatable bonds is 5. The van der Waals surface area contributed by atoms with E-state index >= 15 is 0 Å². The van der Waals surface area contributed by atoms with Crippen LogP contribution in [0.25, 0.3) is 0 Å². The minimum Gasteiger partial charge on any atom is -0.307 e. The molecule has 0 atom stereocenters. The van der Waals surface area contributed by atoms with Crippen molar-refractivity contribution >= 4 is 17.4 Å². The van der Waals surface area contributed by atoms with Gasteiger partial charge in [0.05, 0.1) is 12.2 Å². The van der Waals surface area contributed by atoms with Crippen molar-refractivity contribution in [2.75, 3.05) is 6.54 Å². The second kappa shape index (κ2) is 5.85. The lowest BCUT2D eigenvalue weighted by Gasteiger charge is -2.10. The van der Waals surface area contributed by atoms with Gasteiger partial charge in [-0.15, -0.1) is 0 Å². The van der Waals surface area contributed by atoms with Gasteiger partial charge in [0, 0.05) is 25.1 Å². The van der Waals surface area contributed by atoms with Crippen LogP contribution in [-0.2, 0) is 18.3 Å². The van der Waals surface area contributed by atoms with E-state index in [-0.39, 0.29) is 5.78 Å². The van der Waals surface area contributed by atoms with E-state index in [0.717, 1.165) is 11.3 Å². The summed E-state index contributed by atoms with van der Waals surface area (Å²) in [5.41, 5.74) is 1.70. The van der Waals surface area contributed by atoms with E-state index in [4.69, 9.17) is 11.6 Å². The van der Waals surface area contributed by atoms with E-state index in [1.54, 1.807) is 11.7 Å². The molecule has 0 aromatic carbocycles. The minimum absolute atomic E-state index is 0.180. The van der Waals surface area contributed by atoms with Gasteiger partial charge in [-0.2, -0.15) is 5.10 Å². The summed E-state index contributed by atoms with van der Waals surface area (Å²) in [6, 6.07) is 0.527. The third-order valence-electron chi connectivity index (χ3n) is 3.59. The summed E-state index contributed by atoms with van der Waals surface area (Å²) in [4.78, 5) is 11.9. The fraction of sp³-hybridized carbons (Fsp3) is 0.692. The second-order valence-electron chi connectivity index (χ2n) is 5.06. The molecule has 0 saturated heterocycles. The molecule has 1 fully saturated rings. The first kappa shape index (κ1) is 13.6. The highest BCUT2D eigenvalue weighted by Gasteiger charge is 2.18. The quantitative estimate of drug-likeness (QED) is 0.890. The van der Waals surface area contributed by atoms with E-state index in [2.05, 4.69) is 10.4 Å². The SMILES string of the molecule is Cc1nn(C)c(Cl)c1CC(=O)CNC1CCCC1. The van der Waals surface area contributed by atoms with E-state index < -0.39 is 0 Å². The molecule has 0 radical (unpaired) electrons. The molecule has 18 heavy (non-hydrogen) atoms. The smallest absolute Gasteiger partial charge is 0.151 e. The third kappa shape index (κ3) is 3.12. The first-order valence-electron chi connectivity index (χ1n) is 6.51. The minimum atomic E-state index is 0.180. The molecule has 1 N–H and O–H groups in total. The fourth-order valence-corrected chi connectivity index (χ4v) is 2.76. The number of ketones is 1. The first-order valence-corrected chi connectivity index (χ1v) is 6.88. The molecule has 5 heteroatoms. The van der Waals surface area contributed by atoms with E-state index in [1.165, 1.54) is 25.7 Å². The van der Waals surface area contributed by atoms with Crippen molar-refractivity contribution in [3.05, 3.63) is 16.4 Å². The van der Waals surface area contributed by atoms with E-state index in [0.29, 0.717) is 24.2 Å². The summed E-state index contributed by atoms with van der Waals surface area (Å²) >= 11 is 6.11. The Morgan fingerprint density at radius 2 is 2.17 bits per heavy atom. The molecule has 0 aliphatic heterocycles.